The average molecular weight is 385 g/mol. The summed E-state index contributed by atoms with van der Waals surface area (Å²) in [5.41, 5.74) is 0.388. The minimum absolute atomic E-state index is 0.0105. The average Bonchev–Trinajstić information content (AvgIpc) is 3.32. The molecule has 0 spiro atoms. The number of carbonyl (C=O) groups excluding carboxylic acids is 2. The van der Waals surface area contributed by atoms with Gasteiger partial charge in [0.15, 0.2) is 0 Å². The lowest BCUT2D eigenvalue weighted by atomic mass is 9.99. The molecule has 1 aromatic heterocycles. The van der Waals surface area contributed by atoms with Crippen molar-refractivity contribution >= 4 is 17.4 Å². The van der Waals surface area contributed by atoms with Gasteiger partial charge in [0.25, 0.3) is 11.7 Å². The number of hydrogen-bond donors (Lipinski definition) is 1. The summed E-state index contributed by atoms with van der Waals surface area (Å²) in [6.45, 7) is 2.99. The molecule has 7 nitrogen and oxygen atoms in total. The van der Waals surface area contributed by atoms with Crippen molar-refractivity contribution in [2.24, 2.45) is 0 Å². The second-order valence-electron chi connectivity index (χ2n) is 6.38. The number of nitrogens with zero attached hydrogens (tertiary/aromatic N) is 1. The van der Waals surface area contributed by atoms with Crippen LogP contribution in [0.5, 0.6) is 5.75 Å². The SMILES string of the molecule is CCCOc1cccc(C(O)=C2C(=O)C(=O)N(CCOC)C2c2ccco2)c1. The van der Waals surface area contributed by atoms with Crippen molar-refractivity contribution < 1.29 is 28.6 Å². The third kappa shape index (κ3) is 3.80. The van der Waals surface area contributed by atoms with Crippen LogP contribution in [0, 0.1) is 0 Å². The molecule has 1 fully saturated rings. The maximum Gasteiger partial charge on any atom is 0.295 e. The van der Waals surface area contributed by atoms with E-state index in [1.54, 1.807) is 36.4 Å². The molecular formula is C21H23NO6. The summed E-state index contributed by atoms with van der Waals surface area (Å²) >= 11 is 0. The number of Topliss-reactive ketones (excluding diaryl/α,β-unsaturated/α-hetero) is 1. The van der Waals surface area contributed by atoms with Gasteiger partial charge in [0.05, 0.1) is 25.1 Å². The predicted molar refractivity (Wildman–Crippen MR) is 102 cm³/mol. The molecular weight excluding hydrogens is 362 g/mol. The first-order valence-electron chi connectivity index (χ1n) is 9.12. The van der Waals surface area contributed by atoms with Crippen LogP contribution in [0.4, 0.5) is 0 Å². The Kier molecular flexibility index (Phi) is 6.16. The summed E-state index contributed by atoms with van der Waals surface area (Å²) in [4.78, 5) is 26.7. The molecule has 0 saturated carbocycles. The molecule has 148 valence electrons. The Labute approximate surface area is 163 Å². The molecule has 1 saturated heterocycles. The molecule has 2 heterocycles. The maximum absolute atomic E-state index is 12.7. The van der Waals surface area contributed by atoms with E-state index in [0.29, 0.717) is 23.7 Å². The molecule has 3 rings (SSSR count). The largest absolute Gasteiger partial charge is 0.507 e. The molecule has 1 amide bonds. The first-order chi connectivity index (χ1) is 13.6. The maximum atomic E-state index is 12.7. The first kappa shape index (κ1) is 19.7. The summed E-state index contributed by atoms with van der Waals surface area (Å²) in [7, 11) is 1.51. The molecule has 0 bridgehead atoms. The Hall–Kier alpha value is -3.06. The van der Waals surface area contributed by atoms with Gasteiger partial charge in [0.1, 0.15) is 23.3 Å². The first-order valence-corrected chi connectivity index (χ1v) is 9.12. The van der Waals surface area contributed by atoms with Gasteiger partial charge >= 0.3 is 0 Å². The van der Waals surface area contributed by atoms with E-state index >= 15 is 0 Å². The summed E-state index contributed by atoms with van der Waals surface area (Å²) in [6.07, 6.45) is 2.31. The number of hydrogen-bond acceptors (Lipinski definition) is 6. The van der Waals surface area contributed by atoms with Gasteiger partial charge < -0.3 is 23.9 Å². The molecule has 7 heteroatoms. The zero-order valence-electron chi connectivity index (χ0n) is 15.9. The van der Waals surface area contributed by atoms with Crippen LogP contribution in [0.2, 0.25) is 0 Å². The number of amides is 1. The minimum atomic E-state index is -0.814. The van der Waals surface area contributed by atoms with Crippen molar-refractivity contribution in [2.45, 2.75) is 19.4 Å². The zero-order valence-corrected chi connectivity index (χ0v) is 15.9. The number of methoxy groups -OCH3 is 1. The summed E-state index contributed by atoms with van der Waals surface area (Å²) < 4.78 is 16.1. The Morgan fingerprint density at radius 2 is 2.04 bits per heavy atom. The van der Waals surface area contributed by atoms with Gasteiger partial charge in [-0.05, 0) is 30.7 Å². The minimum Gasteiger partial charge on any atom is -0.507 e. The number of likely N-dealkylation sites (tertiary alicyclic amines) is 1. The number of aliphatic hydroxyl groups excluding tert-OH is 1. The van der Waals surface area contributed by atoms with Gasteiger partial charge in [-0.15, -0.1) is 0 Å². The predicted octanol–water partition coefficient (Wildman–Crippen LogP) is 3.14. The fraction of sp³-hybridized carbons (Fsp3) is 0.333. The van der Waals surface area contributed by atoms with Crippen LogP contribution in [-0.4, -0.2) is 48.6 Å². The van der Waals surface area contributed by atoms with Gasteiger partial charge in [-0.25, -0.2) is 0 Å². The van der Waals surface area contributed by atoms with Crippen molar-refractivity contribution in [1.29, 1.82) is 0 Å². The molecule has 1 aliphatic heterocycles. The highest BCUT2D eigenvalue weighted by molar-refractivity contribution is 6.46. The number of furan rings is 1. The van der Waals surface area contributed by atoms with Crippen molar-refractivity contribution in [3.8, 4) is 5.75 Å². The highest BCUT2D eigenvalue weighted by atomic mass is 16.5. The van der Waals surface area contributed by atoms with Crippen molar-refractivity contribution in [2.75, 3.05) is 26.9 Å². The lowest BCUT2D eigenvalue weighted by Gasteiger charge is -2.22. The van der Waals surface area contributed by atoms with E-state index in [9.17, 15) is 14.7 Å². The van der Waals surface area contributed by atoms with Crippen LogP contribution in [0.15, 0.2) is 52.7 Å². The quantitative estimate of drug-likeness (QED) is 0.427. The van der Waals surface area contributed by atoms with Crippen molar-refractivity contribution in [1.82, 2.24) is 4.90 Å². The normalized spacial score (nSPS) is 18.6. The van der Waals surface area contributed by atoms with E-state index in [1.807, 2.05) is 6.92 Å². The molecule has 1 unspecified atom stereocenters. The van der Waals surface area contributed by atoms with E-state index in [2.05, 4.69) is 0 Å². The second kappa shape index (κ2) is 8.75. The third-order valence-corrected chi connectivity index (χ3v) is 4.47. The second-order valence-corrected chi connectivity index (χ2v) is 6.38. The molecule has 0 aliphatic carbocycles. The molecule has 2 aromatic rings. The molecule has 1 aromatic carbocycles. The monoisotopic (exact) mass is 385 g/mol. The van der Waals surface area contributed by atoms with Crippen LogP contribution < -0.4 is 4.74 Å². The fourth-order valence-corrected chi connectivity index (χ4v) is 3.15. The van der Waals surface area contributed by atoms with Gasteiger partial charge in [-0.2, -0.15) is 0 Å². The molecule has 1 aliphatic rings. The topological polar surface area (TPSA) is 89.2 Å². The van der Waals surface area contributed by atoms with E-state index < -0.39 is 17.7 Å². The summed E-state index contributed by atoms with van der Waals surface area (Å²) in [5.74, 6) is -0.737. The van der Waals surface area contributed by atoms with Crippen LogP contribution in [0.25, 0.3) is 5.76 Å². The number of aliphatic hydroxyl groups is 1. The van der Waals surface area contributed by atoms with Gasteiger partial charge in [-0.3, -0.25) is 9.59 Å². The molecule has 1 atom stereocenters. The van der Waals surface area contributed by atoms with Crippen LogP contribution >= 0.6 is 0 Å². The van der Waals surface area contributed by atoms with Gasteiger partial charge in [0, 0.05) is 19.2 Å². The number of ether oxygens (including phenoxy) is 2. The fourth-order valence-electron chi connectivity index (χ4n) is 3.15. The Morgan fingerprint density at radius 3 is 2.71 bits per heavy atom. The van der Waals surface area contributed by atoms with Gasteiger partial charge in [-0.1, -0.05) is 19.1 Å². The Balaban J connectivity index is 2.06. The Morgan fingerprint density at radius 1 is 1.21 bits per heavy atom. The lowest BCUT2D eigenvalue weighted by Crippen LogP contribution is -2.32. The van der Waals surface area contributed by atoms with E-state index in [4.69, 9.17) is 13.9 Å². The smallest absolute Gasteiger partial charge is 0.295 e. The van der Waals surface area contributed by atoms with Crippen molar-refractivity contribution in [3.05, 3.63) is 59.6 Å². The highest BCUT2D eigenvalue weighted by Crippen LogP contribution is 2.39. The zero-order chi connectivity index (χ0) is 20.1. The summed E-state index contributed by atoms with van der Waals surface area (Å²) in [6, 6.07) is 9.33. The van der Waals surface area contributed by atoms with Gasteiger partial charge in [0.2, 0.25) is 0 Å². The molecule has 28 heavy (non-hydrogen) atoms. The van der Waals surface area contributed by atoms with Crippen LogP contribution in [0.1, 0.15) is 30.7 Å². The van der Waals surface area contributed by atoms with Crippen LogP contribution in [0.3, 0.4) is 0 Å². The molecule has 1 N–H and O–H groups in total. The summed E-state index contributed by atoms with van der Waals surface area (Å²) in [5, 5.41) is 10.9. The van der Waals surface area contributed by atoms with E-state index in [1.165, 1.54) is 18.3 Å². The number of benzene rings is 1. The Bertz CT molecular complexity index is 871. The molecule has 0 radical (unpaired) electrons. The number of carbonyl (C=O) groups is 2. The highest BCUT2D eigenvalue weighted by Gasteiger charge is 2.47. The lowest BCUT2D eigenvalue weighted by molar-refractivity contribution is -0.140. The van der Waals surface area contributed by atoms with E-state index in [-0.39, 0.29) is 24.5 Å². The van der Waals surface area contributed by atoms with E-state index in [0.717, 1.165) is 6.42 Å². The standard InChI is InChI=1S/C21H23NO6/c1-3-10-27-15-7-4-6-14(13-15)19(23)17-18(16-8-5-11-28-16)22(9-12-26-2)21(25)20(17)24/h4-8,11,13,18,23H,3,9-10,12H2,1-2H3. The number of ketones is 1. The number of rotatable bonds is 8. The third-order valence-electron chi connectivity index (χ3n) is 4.47. The van der Waals surface area contributed by atoms with Crippen molar-refractivity contribution in [3.63, 3.8) is 0 Å². The van der Waals surface area contributed by atoms with Crippen LogP contribution in [-0.2, 0) is 14.3 Å².